The first-order chi connectivity index (χ1) is 13.3. The molecular weight excluding hydrogens is 354 g/mol. The normalized spacial score (nSPS) is 12.7. The molecule has 1 aromatic carbocycles. The molecule has 2 rings (SSSR count). The Hall–Kier alpha value is -2.70. The van der Waals surface area contributed by atoms with E-state index in [1.807, 2.05) is 23.9 Å². The van der Waals surface area contributed by atoms with Gasteiger partial charge >= 0.3 is 0 Å². The van der Waals surface area contributed by atoms with Crippen LogP contribution in [0, 0.1) is 13.8 Å². The van der Waals surface area contributed by atoms with E-state index in [4.69, 9.17) is 4.74 Å². The molecule has 0 aliphatic rings. The molecule has 0 amide bonds. The number of rotatable bonds is 8. The second-order valence-corrected chi connectivity index (χ2v) is 7.04. The molecule has 1 heterocycles. The minimum Gasteiger partial charge on any atom is -0.504 e. The van der Waals surface area contributed by atoms with E-state index in [0.717, 1.165) is 36.6 Å². The average Bonchev–Trinajstić information content (AvgIpc) is 2.89. The molecule has 0 spiro atoms. The lowest BCUT2D eigenvalue weighted by molar-refractivity contribution is 0.373. The summed E-state index contributed by atoms with van der Waals surface area (Å²) < 4.78 is 7.10. The predicted molar refractivity (Wildman–Crippen MR) is 113 cm³/mol. The molecule has 154 valence electrons. The molecule has 28 heavy (non-hydrogen) atoms. The molecule has 1 unspecified atom stereocenters. The Balaban J connectivity index is 1.97. The number of nitrogens with one attached hydrogen (secondary N) is 2. The second kappa shape index (κ2) is 10.0. The topological polar surface area (TPSA) is 83.7 Å². The quantitative estimate of drug-likeness (QED) is 0.479. The first kappa shape index (κ1) is 21.6. The van der Waals surface area contributed by atoms with Gasteiger partial charge in [0.25, 0.3) is 0 Å². The van der Waals surface area contributed by atoms with Gasteiger partial charge in [-0.3, -0.25) is 9.67 Å². The minimum absolute atomic E-state index is 0.152. The fraction of sp³-hybridized carbons (Fsp3) is 0.524. The molecule has 0 fully saturated rings. The number of aryl methyl sites for hydroxylation is 2. The van der Waals surface area contributed by atoms with Crippen molar-refractivity contribution in [2.75, 3.05) is 20.2 Å². The van der Waals surface area contributed by atoms with Gasteiger partial charge in [0.05, 0.1) is 12.8 Å². The fourth-order valence-electron chi connectivity index (χ4n) is 3.20. The number of nitrogens with zero attached hydrogens (tertiary/aromatic N) is 3. The minimum atomic E-state index is 0.152. The average molecular weight is 388 g/mol. The van der Waals surface area contributed by atoms with Gasteiger partial charge in [0, 0.05) is 31.9 Å². The fourth-order valence-corrected chi connectivity index (χ4v) is 3.20. The molecule has 7 heteroatoms. The van der Waals surface area contributed by atoms with Crippen molar-refractivity contribution < 1.29 is 9.84 Å². The van der Waals surface area contributed by atoms with Crippen molar-refractivity contribution in [3.05, 3.63) is 40.7 Å². The summed E-state index contributed by atoms with van der Waals surface area (Å²) in [4.78, 5) is 4.69. The zero-order valence-electron chi connectivity index (χ0n) is 17.8. The largest absolute Gasteiger partial charge is 0.504 e. The molecular formula is C21H33N5O2. The smallest absolute Gasteiger partial charge is 0.191 e. The van der Waals surface area contributed by atoms with E-state index >= 15 is 0 Å². The number of phenolic OH excluding ortho intramolecular Hbond substituents is 1. The van der Waals surface area contributed by atoms with Crippen LogP contribution in [0.25, 0.3) is 0 Å². The van der Waals surface area contributed by atoms with Crippen LogP contribution in [0.4, 0.5) is 0 Å². The van der Waals surface area contributed by atoms with Crippen molar-refractivity contribution in [2.45, 2.75) is 46.6 Å². The Bertz CT molecular complexity index is 813. The van der Waals surface area contributed by atoms with Crippen LogP contribution in [0.1, 0.15) is 36.4 Å². The van der Waals surface area contributed by atoms with Gasteiger partial charge in [-0.25, -0.2) is 0 Å². The van der Waals surface area contributed by atoms with E-state index in [1.54, 1.807) is 13.2 Å². The number of hydrogen-bond donors (Lipinski definition) is 3. The maximum absolute atomic E-state index is 9.70. The van der Waals surface area contributed by atoms with Gasteiger partial charge < -0.3 is 20.5 Å². The first-order valence-electron chi connectivity index (χ1n) is 9.75. The van der Waals surface area contributed by atoms with Crippen molar-refractivity contribution >= 4 is 5.96 Å². The first-order valence-corrected chi connectivity index (χ1v) is 9.75. The maximum Gasteiger partial charge on any atom is 0.191 e. The van der Waals surface area contributed by atoms with Gasteiger partial charge in [-0.1, -0.05) is 6.07 Å². The summed E-state index contributed by atoms with van der Waals surface area (Å²) in [6.07, 6.45) is 1.66. The van der Waals surface area contributed by atoms with Gasteiger partial charge in [-0.05, 0) is 63.8 Å². The van der Waals surface area contributed by atoms with E-state index in [0.29, 0.717) is 12.3 Å². The molecule has 0 saturated heterocycles. The summed E-state index contributed by atoms with van der Waals surface area (Å²) in [5.74, 6) is 1.45. The highest BCUT2D eigenvalue weighted by atomic mass is 16.5. The zero-order valence-corrected chi connectivity index (χ0v) is 17.8. The summed E-state index contributed by atoms with van der Waals surface area (Å²) in [6.45, 7) is 9.82. The Labute approximate surface area is 167 Å². The highest BCUT2D eigenvalue weighted by Crippen LogP contribution is 2.26. The number of aromatic nitrogens is 2. The second-order valence-electron chi connectivity index (χ2n) is 7.04. The van der Waals surface area contributed by atoms with Crippen LogP contribution < -0.4 is 15.4 Å². The molecule has 0 bridgehead atoms. The van der Waals surface area contributed by atoms with Gasteiger partial charge in [0.15, 0.2) is 17.5 Å². The molecule has 0 radical (unpaired) electrons. The maximum atomic E-state index is 9.70. The van der Waals surface area contributed by atoms with Crippen molar-refractivity contribution in [1.29, 1.82) is 0 Å². The number of aromatic hydroxyl groups is 1. The van der Waals surface area contributed by atoms with Gasteiger partial charge in [-0.15, -0.1) is 0 Å². The van der Waals surface area contributed by atoms with E-state index in [-0.39, 0.29) is 11.8 Å². The molecule has 7 nitrogen and oxygen atoms in total. The highest BCUT2D eigenvalue weighted by Gasteiger charge is 2.14. The lowest BCUT2D eigenvalue weighted by Crippen LogP contribution is -2.43. The number of hydrogen-bond acceptors (Lipinski definition) is 4. The predicted octanol–water partition coefficient (Wildman–Crippen LogP) is 2.48. The molecule has 0 aliphatic carbocycles. The van der Waals surface area contributed by atoms with E-state index in [2.05, 4.69) is 48.4 Å². The lowest BCUT2D eigenvalue weighted by atomic mass is 10.1. The SMILES string of the molecule is CCNC(=NCCc1ccc(O)c(OC)c1)NC(C)Cc1c(C)nn(C)c1C. The van der Waals surface area contributed by atoms with Crippen LogP contribution in [0.5, 0.6) is 11.5 Å². The molecule has 0 aliphatic heterocycles. The van der Waals surface area contributed by atoms with Crippen molar-refractivity contribution in [1.82, 2.24) is 20.4 Å². The molecule has 1 aromatic heterocycles. The van der Waals surface area contributed by atoms with E-state index < -0.39 is 0 Å². The van der Waals surface area contributed by atoms with Crippen LogP contribution in [0.2, 0.25) is 0 Å². The number of guanidine groups is 1. The Kier molecular flexibility index (Phi) is 7.72. The Morgan fingerprint density at radius 1 is 1.36 bits per heavy atom. The third-order valence-electron chi connectivity index (χ3n) is 4.81. The van der Waals surface area contributed by atoms with Crippen LogP contribution in [-0.2, 0) is 19.9 Å². The van der Waals surface area contributed by atoms with Crippen LogP contribution in [0.15, 0.2) is 23.2 Å². The number of ether oxygens (including phenoxy) is 1. The lowest BCUT2D eigenvalue weighted by Gasteiger charge is -2.18. The monoisotopic (exact) mass is 387 g/mol. The third kappa shape index (κ3) is 5.65. The summed E-state index contributed by atoms with van der Waals surface area (Å²) in [7, 11) is 3.53. The van der Waals surface area contributed by atoms with Crippen molar-refractivity contribution in [3.63, 3.8) is 0 Å². The third-order valence-corrected chi connectivity index (χ3v) is 4.81. The Morgan fingerprint density at radius 2 is 2.11 bits per heavy atom. The van der Waals surface area contributed by atoms with E-state index in [1.165, 1.54) is 11.3 Å². The van der Waals surface area contributed by atoms with Gasteiger partial charge in [-0.2, -0.15) is 5.10 Å². The van der Waals surface area contributed by atoms with Gasteiger partial charge in [0.1, 0.15) is 0 Å². The van der Waals surface area contributed by atoms with Crippen LogP contribution in [0.3, 0.4) is 0 Å². The summed E-state index contributed by atoms with van der Waals surface area (Å²) in [5.41, 5.74) is 4.64. The molecule has 2 aromatic rings. The Morgan fingerprint density at radius 3 is 2.71 bits per heavy atom. The van der Waals surface area contributed by atoms with Crippen LogP contribution >= 0.6 is 0 Å². The number of benzene rings is 1. The summed E-state index contributed by atoms with van der Waals surface area (Å²) in [5, 5.41) is 21.0. The van der Waals surface area contributed by atoms with E-state index in [9.17, 15) is 5.11 Å². The molecule has 0 saturated carbocycles. The van der Waals surface area contributed by atoms with Crippen molar-refractivity contribution in [3.8, 4) is 11.5 Å². The zero-order chi connectivity index (χ0) is 20.7. The number of phenols is 1. The number of aliphatic imine (C=N–C) groups is 1. The summed E-state index contributed by atoms with van der Waals surface area (Å²) >= 11 is 0. The van der Waals surface area contributed by atoms with Crippen LogP contribution in [-0.4, -0.2) is 47.1 Å². The highest BCUT2D eigenvalue weighted by molar-refractivity contribution is 5.80. The molecule has 1 atom stereocenters. The van der Waals surface area contributed by atoms with Gasteiger partial charge in [0.2, 0.25) is 0 Å². The standard InChI is InChI=1S/C21H33N5O2/c1-7-22-21(23-11-10-17-8-9-19(27)20(13-17)28-6)24-14(2)12-18-15(3)25-26(5)16(18)4/h8-9,13-14,27H,7,10-12H2,1-6H3,(H2,22,23,24). The number of methoxy groups -OCH3 is 1. The molecule has 3 N–H and O–H groups in total. The van der Waals surface area contributed by atoms with Crippen molar-refractivity contribution in [2.24, 2.45) is 12.0 Å². The summed E-state index contributed by atoms with van der Waals surface area (Å²) in [6, 6.07) is 5.63.